The molecule has 3 aromatic rings. The number of carbonyl (C=O) groups excluding carboxylic acids is 1. The summed E-state index contributed by atoms with van der Waals surface area (Å²) in [5.74, 6) is 0.401. The van der Waals surface area contributed by atoms with Gasteiger partial charge in [-0.2, -0.15) is 0 Å². The van der Waals surface area contributed by atoms with Crippen LogP contribution in [0.1, 0.15) is 69.4 Å². The van der Waals surface area contributed by atoms with Crippen molar-refractivity contribution in [2.75, 3.05) is 27.4 Å². The zero-order valence-electron chi connectivity index (χ0n) is 35.1. The van der Waals surface area contributed by atoms with Crippen LogP contribution in [0.5, 0.6) is 5.75 Å². The molecule has 0 bridgehead atoms. The Labute approximate surface area is 345 Å². The van der Waals surface area contributed by atoms with Crippen LogP contribution >= 0.6 is 0 Å². The molecular formula is C46H62O11Si. The molecule has 9 atom stereocenters. The van der Waals surface area contributed by atoms with E-state index in [4.69, 9.17) is 47.1 Å². The van der Waals surface area contributed by atoms with Crippen LogP contribution in [0.3, 0.4) is 0 Å². The molecule has 3 fully saturated rings. The van der Waals surface area contributed by atoms with Crippen molar-refractivity contribution < 1.29 is 51.9 Å². The van der Waals surface area contributed by atoms with Crippen molar-refractivity contribution in [3.8, 4) is 5.75 Å². The Balaban J connectivity index is 1.13. The Morgan fingerprint density at radius 1 is 0.776 bits per heavy atom. The van der Waals surface area contributed by atoms with Crippen LogP contribution in [0, 0.1) is 0 Å². The zero-order chi connectivity index (χ0) is 41.1. The number of hydrogen-bond acceptors (Lipinski definition) is 11. The summed E-state index contributed by atoms with van der Waals surface area (Å²) in [6, 6.07) is 27.8. The molecule has 3 aliphatic rings. The molecule has 3 aliphatic heterocycles. The van der Waals surface area contributed by atoms with Gasteiger partial charge in [0.15, 0.2) is 14.6 Å². The number of fused-ring (bicyclic) bond motifs is 1. The fourth-order valence-electron chi connectivity index (χ4n) is 7.24. The van der Waals surface area contributed by atoms with Crippen LogP contribution in [-0.4, -0.2) is 90.6 Å². The van der Waals surface area contributed by atoms with Crippen LogP contribution in [0.4, 0.5) is 0 Å². The first-order chi connectivity index (χ1) is 27.9. The summed E-state index contributed by atoms with van der Waals surface area (Å²) in [6.07, 6.45) is 2.21. The smallest absolute Gasteiger partial charge is 0.308 e. The minimum atomic E-state index is -2.18. The van der Waals surface area contributed by atoms with Crippen LogP contribution < -0.4 is 4.74 Å². The van der Waals surface area contributed by atoms with E-state index in [1.54, 1.807) is 13.4 Å². The van der Waals surface area contributed by atoms with E-state index in [0.29, 0.717) is 45.7 Å². The van der Waals surface area contributed by atoms with Gasteiger partial charge in [-0.15, -0.1) is 0 Å². The monoisotopic (exact) mass is 818 g/mol. The fourth-order valence-corrected chi connectivity index (χ4v) is 8.60. The van der Waals surface area contributed by atoms with Crippen molar-refractivity contribution in [2.24, 2.45) is 0 Å². The zero-order valence-corrected chi connectivity index (χ0v) is 36.1. The number of hydrogen-bond donors (Lipinski definition) is 0. The fraction of sp³-hybridized carbons (Fsp3) is 0.543. The SMILES string of the molecule is COC(=O)C[C@H]1O[C@@H](COCc2ccccc2)[C@H](OCc2ccccc2)C[C@@H]1O/C=C/C[C@@H]1O[C@@H]2CO[C@@H](c3ccc(OC)cc3)O[C@H]2C[C@H]1O[Si](C)(C)C(C)(C)C. The lowest BCUT2D eigenvalue weighted by Gasteiger charge is -2.48. The lowest BCUT2D eigenvalue weighted by atomic mass is 9.95. The summed E-state index contributed by atoms with van der Waals surface area (Å²) in [7, 11) is 0.850. The molecule has 0 unspecified atom stereocenters. The highest BCUT2D eigenvalue weighted by Crippen LogP contribution is 2.42. The third-order valence-electron chi connectivity index (χ3n) is 11.7. The third kappa shape index (κ3) is 12.0. The summed E-state index contributed by atoms with van der Waals surface area (Å²) >= 11 is 0. The predicted molar refractivity (Wildman–Crippen MR) is 222 cm³/mol. The van der Waals surface area contributed by atoms with Crippen molar-refractivity contribution in [1.29, 1.82) is 0 Å². The number of rotatable bonds is 17. The van der Waals surface area contributed by atoms with Gasteiger partial charge < -0.3 is 47.1 Å². The number of esters is 1. The summed E-state index contributed by atoms with van der Waals surface area (Å²) < 4.78 is 62.6. The molecule has 58 heavy (non-hydrogen) atoms. The second kappa shape index (κ2) is 20.6. The molecule has 0 aromatic heterocycles. The van der Waals surface area contributed by atoms with E-state index in [0.717, 1.165) is 22.4 Å². The van der Waals surface area contributed by atoms with Gasteiger partial charge in [0.05, 0.1) is 77.7 Å². The number of ether oxygens (including phenoxy) is 9. The van der Waals surface area contributed by atoms with E-state index < -0.39 is 32.9 Å². The molecule has 0 spiro atoms. The average Bonchev–Trinajstić information content (AvgIpc) is 3.22. The maximum Gasteiger partial charge on any atom is 0.308 e. The Morgan fingerprint density at radius 2 is 1.47 bits per heavy atom. The van der Waals surface area contributed by atoms with E-state index >= 15 is 0 Å². The van der Waals surface area contributed by atoms with Gasteiger partial charge in [-0.05, 0) is 53.9 Å². The van der Waals surface area contributed by atoms with Gasteiger partial charge in [0.2, 0.25) is 0 Å². The van der Waals surface area contributed by atoms with Crippen molar-refractivity contribution in [3.05, 3.63) is 114 Å². The quantitative estimate of drug-likeness (QED) is 0.0744. The molecule has 316 valence electrons. The standard InChI is InChI=1S/C46H62O11Si/c1-46(2,3)58(6,7)57-41-26-39-43(31-53-45(56-39)34-20-22-35(48-4)23-21-34)54-36(41)19-14-24-51-37-25-38(52-29-33-17-12-9-13-18-33)42(55-40(37)27-44(47)49-5)30-50-28-32-15-10-8-11-16-32/h8-18,20-24,36-43,45H,19,25-31H2,1-7H3/b24-14+/t36-,37-,38+,39-,40+,41+,42-,43+,45+/m0/s1. The van der Waals surface area contributed by atoms with Crippen LogP contribution in [0.25, 0.3) is 0 Å². The second-order valence-electron chi connectivity index (χ2n) is 16.8. The highest BCUT2D eigenvalue weighted by Gasteiger charge is 2.47. The summed E-state index contributed by atoms with van der Waals surface area (Å²) in [4.78, 5) is 12.6. The number of benzene rings is 3. The topological polar surface area (TPSA) is 109 Å². The van der Waals surface area contributed by atoms with E-state index in [-0.39, 0.29) is 47.9 Å². The highest BCUT2D eigenvalue weighted by atomic mass is 28.4. The molecule has 0 radical (unpaired) electrons. The lowest BCUT2D eigenvalue weighted by Crippen LogP contribution is -2.57. The molecule has 12 heteroatoms. The van der Waals surface area contributed by atoms with E-state index in [1.807, 2.05) is 91.0 Å². The predicted octanol–water partition coefficient (Wildman–Crippen LogP) is 8.47. The van der Waals surface area contributed by atoms with Gasteiger partial charge in [-0.1, -0.05) is 93.6 Å². The Morgan fingerprint density at radius 3 is 2.12 bits per heavy atom. The first-order valence-corrected chi connectivity index (χ1v) is 23.4. The van der Waals surface area contributed by atoms with Gasteiger partial charge >= 0.3 is 5.97 Å². The molecule has 0 aliphatic carbocycles. The molecular weight excluding hydrogens is 757 g/mol. The molecule has 0 amide bonds. The maximum atomic E-state index is 12.6. The van der Waals surface area contributed by atoms with Crippen LogP contribution in [0.15, 0.2) is 97.3 Å². The maximum absolute atomic E-state index is 12.6. The van der Waals surface area contributed by atoms with E-state index in [2.05, 4.69) is 33.9 Å². The molecule has 0 N–H and O–H groups in total. The Hall–Kier alpha value is -3.59. The number of methoxy groups -OCH3 is 2. The second-order valence-corrected chi connectivity index (χ2v) is 21.6. The van der Waals surface area contributed by atoms with Gasteiger partial charge in [0, 0.05) is 18.4 Å². The third-order valence-corrected chi connectivity index (χ3v) is 16.2. The summed E-state index contributed by atoms with van der Waals surface area (Å²) in [5.41, 5.74) is 3.04. The normalized spacial score (nSPS) is 27.8. The largest absolute Gasteiger partial charge is 0.497 e. The van der Waals surface area contributed by atoms with Gasteiger partial charge in [-0.25, -0.2) is 0 Å². The molecule has 6 rings (SSSR count). The molecule has 3 heterocycles. The van der Waals surface area contributed by atoms with Crippen LogP contribution in [0.2, 0.25) is 18.1 Å². The highest BCUT2D eigenvalue weighted by molar-refractivity contribution is 6.74. The van der Waals surface area contributed by atoms with Crippen molar-refractivity contribution >= 4 is 14.3 Å². The first kappa shape index (κ1) is 44.0. The summed E-state index contributed by atoms with van der Waals surface area (Å²) in [5, 5.41) is 0.00864. The van der Waals surface area contributed by atoms with Crippen LogP contribution in [-0.2, 0) is 60.3 Å². The molecule has 3 saturated heterocycles. The average molecular weight is 819 g/mol. The summed E-state index contributed by atoms with van der Waals surface area (Å²) in [6.45, 7) is 12.8. The van der Waals surface area contributed by atoms with E-state index in [1.165, 1.54) is 7.11 Å². The minimum absolute atomic E-state index is 0.00864. The van der Waals surface area contributed by atoms with Crippen molar-refractivity contribution in [3.63, 3.8) is 0 Å². The lowest BCUT2D eigenvalue weighted by molar-refractivity contribution is -0.300. The van der Waals surface area contributed by atoms with Gasteiger partial charge in [-0.3, -0.25) is 4.79 Å². The van der Waals surface area contributed by atoms with E-state index in [9.17, 15) is 4.79 Å². The first-order valence-electron chi connectivity index (χ1n) is 20.5. The minimum Gasteiger partial charge on any atom is -0.497 e. The molecule has 0 saturated carbocycles. The van der Waals surface area contributed by atoms with Gasteiger partial charge in [0.25, 0.3) is 0 Å². The van der Waals surface area contributed by atoms with Gasteiger partial charge in [0.1, 0.15) is 30.2 Å². The van der Waals surface area contributed by atoms with Crippen molar-refractivity contribution in [2.45, 2.75) is 133 Å². The molecule has 3 aromatic carbocycles. The van der Waals surface area contributed by atoms with Crippen molar-refractivity contribution in [1.82, 2.24) is 0 Å². The Bertz CT molecular complexity index is 1710. The number of carbonyl (C=O) groups is 1. The Kier molecular flexibility index (Phi) is 15.6. The molecule has 11 nitrogen and oxygen atoms in total.